The van der Waals surface area contributed by atoms with E-state index in [4.69, 9.17) is 0 Å². The highest BCUT2D eigenvalue weighted by Gasteiger charge is 2.32. The van der Waals surface area contributed by atoms with E-state index < -0.39 is 39.6 Å². The molecule has 0 spiro atoms. The lowest BCUT2D eigenvalue weighted by Crippen LogP contribution is -2.28. The Bertz CT molecular complexity index is 320. The van der Waals surface area contributed by atoms with Gasteiger partial charge in [0.2, 0.25) is 0 Å². The summed E-state index contributed by atoms with van der Waals surface area (Å²) in [4.78, 5) is 10.4. The minimum absolute atomic E-state index is 0.849. The number of hydrogen-bond acceptors (Lipinski definition) is 4. The van der Waals surface area contributed by atoms with Gasteiger partial charge in [0.05, 0.1) is 12.2 Å². The van der Waals surface area contributed by atoms with Gasteiger partial charge in [0, 0.05) is 6.92 Å². The summed E-state index contributed by atoms with van der Waals surface area (Å²) in [7, 11) is -4.05. The van der Waals surface area contributed by atoms with Crippen molar-refractivity contribution in [3.8, 4) is 0 Å². The number of hydrogen-bond donors (Lipinski definition) is 0. The third kappa shape index (κ3) is 6.32. The molecule has 0 radical (unpaired) electrons. The van der Waals surface area contributed by atoms with Crippen molar-refractivity contribution in [3.05, 3.63) is 0 Å². The lowest BCUT2D eigenvalue weighted by molar-refractivity contribution is -0.142. The van der Waals surface area contributed by atoms with Crippen LogP contribution in [0.5, 0.6) is 0 Å². The zero-order chi connectivity index (χ0) is 12.3. The Balaban J connectivity index is 4.37. The van der Waals surface area contributed by atoms with Crippen LogP contribution in [0.4, 0.5) is 13.2 Å². The molecule has 1 unspecified atom stereocenters. The third-order valence-electron chi connectivity index (χ3n) is 1.51. The molecule has 8 heteroatoms. The first kappa shape index (κ1) is 14.2. The molecule has 0 rings (SSSR count). The van der Waals surface area contributed by atoms with Gasteiger partial charge in [-0.25, -0.2) is 8.42 Å². The first-order valence-corrected chi connectivity index (χ1v) is 5.71. The van der Waals surface area contributed by atoms with Crippen LogP contribution in [0.15, 0.2) is 0 Å². The number of rotatable bonds is 4. The topological polar surface area (TPSA) is 60.4 Å². The van der Waals surface area contributed by atoms with E-state index in [0.717, 1.165) is 13.8 Å². The quantitative estimate of drug-likeness (QED) is 0.703. The molecule has 0 saturated heterocycles. The second kappa shape index (κ2) is 4.82. The zero-order valence-corrected chi connectivity index (χ0v) is 8.98. The van der Waals surface area contributed by atoms with Crippen LogP contribution in [0.3, 0.4) is 0 Å². The Hall–Kier alpha value is -0.790. The van der Waals surface area contributed by atoms with Gasteiger partial charge in [-0.05, 0) is 6.92 Å². The van der Waals surface area contributed by atoms with Gasteiger partial charge in [-0.2, -0.15) is 13.2 Å². The lowest BCUT2D eigenvalue weighted by atomic mass is 10.5. The van der Waals surface area contributed by atoms with Gasteiger partial charge >= 0.3 is 12.1 Å². The van der Waals surface area contributed by atoms with Crippen molar-refractivity contribution >= 4 is 15.8 Å². The van der Waals surface area contributed by atoms with Gasteiger partial charge in [-0.3, -0.25) is 4.79 Å². The molecule has 0 saturated carbocycles. The number of carbonyl (C=O) groups excluding carboxylic acids is 1. The molecule has 0 heterocycles. The maximum Gasteiger partial charge on any atom is 0.390 e. The van der Waals surface area contributed by atoms with Gasteiger partial charge in [0.1, 0.15) is 0 Å². The van der Waals surface area contributed by atoms with Crippen molar-refractivity contribution in [3.63, 3.8) is 0 Å². The van der Waals surface area contributed by atoms with E-state index in [0.29, 0.717) is 0 Å². The Morgan fingerprint density at radius 2 is 1.87 bits per heavy atom. The Morgan fingerprint density at radius 3 is 2.20 bits per heavy atom. The smallest absolute Gasteiger partial charge is 0.390 e. The van der Waals surface area contributed by atoms with Crippen molar-refractivity contribution in [2.45, 2.75) is 31.9 Å². The minimum atomic E-state index is -4.54. The lowest BCUT2D eigenvalue weighted by Gasteiger charge is -2.13. The summed E-state index contributed by atoms with van der Waals surface area (Å²) >= 11 is 0. The highest BCUT2D eigenvalue weighted by molar-refractivity contribution is 7.91. The molecule has 0 aliphatic carbocycles. The molecule has 0 aromatic carbocycles. The second-order valence-corrected chi connectivity index (χ2v) is 5.31. The monoisotopic (exact) mass is 248 g/mol. The van der Waals surface area contributed by atoms with E-state index in [1.165, 1.54) is 0 Å². The molecule has 0 aliphatic heterocycles. The van der Waals surface area contributed by atoms with Crippen LogP contribution in [-0.2, 0) is 19.4 Å². The summed E-state index contributed by atoms with van der Waals surface area (Å²) in [5.74, 6) is -1.93. The first-order valence-electron chi connectivity index (χ1n) is 4.00. The highest BCUT2D eigenvalue weighted by atomic mass is 32.2. The largest absolute Gasteiger partial charge is 0.446 e. The summed E-state index contributed by atoms with van der Waals surface area (Å²) in [5.41, 5.74) is -1.54. The van der Waals surface area contributed by atoms with E-state index in [1.54, 1.807) is 0 Å². The molecule has 0 N–H and O–H groups in total. The third-order valence-corrected chi connectivity index (χ3v) is 3.39. The summed E-state index contributed by atoms with van der Waals surface area (Å²) in [6, 6.07) is 0. The highest BCUT2D eigenvalue weighted by Crippen LogP contribution is 2.21. The molecule has 1 atom stereocenters. The average Bonchev–Trinajstić information content (AvgIpc) is 1.98. The molecule has 0 aromatic heterocycles. The number of halogens is 3. The Labute approximate surface area is 85.3 Å². The number of alkyl halides is 3. The zero-order valence-electron chi connectivity index (χ0n) is 8.17. The van der Waals surface area contributed by atoms with Crippen LogP contribution in [0.1, 0.15) is 20.3 Å². The molecule has 4 nitrogen and oxygen atoms in total. The maximum absolute atomic E-state index is 11.7. The van der Waals surface area contributed by atoms with Gasteiger partial charge in [-0.1, -0.05) is 0 Å². The molecule has 90 valence electrons. The van der Waals surface area contributed by atoms with E-state index in [9.17, 15) is 26.4 Å². The maximum atomic E-state index is 11.7. The summed E-state index contributed by atoms with van der Waals surface area (Å²) in [5, 5.41) is 0. The molecule has 0 aromatic rings. The number of ether oxygens (including phenoxy) is 1. The molecule has 0 amide bonds. The van der Waals surface area contributed by atoms with Gasteiger partial charge in [0.15, 0.2) is 15.3 Å². The molecule has 0 fully saturated rings. The summed E-state index contributed by atoms with van der Waals surface area (Å²) in [6.07, 6.45) is -5.98. The van der Waals surface area contributed by atoms with Crippen LogP contribution in [0, 0.1) is 0 Å². The molecule has 0 aliphatic rings. The van der Waals surface area contributed by atoms with Crippen molar-refractivity contribution < 1.29 is 31.1 Å². The summed E-state index contributed by atoms with van der Waals surface area (Å²) in [6.45, 7) is 2.00. The summed E-state index contributed by atoms with van der Waals surface area (Å²) < 4.78 is 61.8. The van der Waals surface area contributed by atoms with E-state index in [-0.39, 0.29) is 0 Å². The standard InChI is InChI=1S/C7H11F3O4S/c1-5(11)14-6(2)15(12,13)4-3-7(8,9)10/h6H,3-4H2,1-2H3. The van der Waals surface area contributed by atoms with Crippen molar-refractivity contribution in [1.82, 2.24) is 0 Å². The van der Waals surface area contributed by atoms with Crippen LogP contribution >= 0.6 is 0 Å². The van der Waals surface area contributed by atoms with Crippen molar-refractivity contribution in [2.75, 3.05) is 5.75 Å². The SMILES string of the molecule is CC(=O)OC(C)S(=O)(=O)CCC(F)(F)F. The van der Waals surface area contributed by atoms with Crippen LogP contribution in [0.2, 0.25) is 0 Å². The van der Waals surface area contributed by atoms with Gasteiger partial charge < -0.3 is 4.74 Å². The van der Waals surface area contributed by atoms with Crippen LogP contribution in [-0.4, -0.2) is 31.8 Å². The molecular weight excluding hydrogens is 237 g/mol. The Morgan fingerprint density at radius 1 is 1.40 bits per heavy atom. The van der Waals surface area contributed by atoms with Gasteiger partial charge in [-0.15, -0.1) is 0 Å². The number of esters is 1. The Kier molecular flexibility index (Phi) is 4.57. The second-order valence-electron chi connectivity index (χ2n) is 2.91. The number of carbonyl (C=O) groups is 1. The fourth-order valence-corrected chi connectivity index (χ4v) is 1.86. The fourth-order valence-electron chi connectivity index (χ4n) is 0.731. The predicted molar refractivity (Wildman–Crippen MR) is 45.7 cm³/mol. The van der Waals surface area contributed by atoms with E-state index in [1.807, 2.05) is 0 Å². The molecule has 0 bridgehead atoms. The predicted octanol–water partition coefficient (Wildman–Crippen LogP) is 1.26. The molecular formula is C7H11F3O4S. The van der Waals surface area contributed by atoms with Crippen LogP contribution in [0.25, 0.3) is 0 Å². The van der Waals surface area contributed by atoms with Crippen molar-refractivity contribution in [2.24, 2.45) is 0 Å². The fraction of sp³-hybridized carbons (Fsp3) is 0.857. The number of sulfone groups is 1. The van der Waals surface area contributed by atoms with Crippen molar-refractivity contribution in [1.29, 1.82) is 0 Å². The minimum Gasteiger partial charge on any atom is -0.446 e. The average molecular weight is 248 g/mol. The normalized spacial score (nSPS) is 14.7. The van der Waals surface area contributed by atoms with E-state index >= 15 is 0 Å². The van der Waals surface area contributed by atoms with E-state index in [2.05, 4.69) is 4.74 Å². The molecule has 15 heavy (non-hydrogen) atoms. The van der Waals surface area contributed by atoms with Crippen LogP contribution < -0.4 is 0 Å². The van der Waals surface area contributed by atoms with Gasteiger partial charge in [0.25, 0.3) is 0 Å². The first-order chi connectivity index (χ1) is 6.54.